The Hall–Kier alpha value is -2.58. The molecule has 0 amide bonds. The van der Waals surface area contributed by atoms with Gasteiger partial charge in [0.25, 0.3) is 5.56 Å². The van der Waals surface area contributed by atoms with Gasteiger partial charge in [-0.25, -0.2) is 9.36 Å². The molecule has 0 fully saturated rings. The Morgan fingerprint density at radius 3 is 2.43 bits per heavy atom. The van der Waals surface area contributed by atoms with E-state index in [9.17, 15) is 14.7 Å². The van der Waals surface area contributed by atoms with Crippen molar-refractivity contribution in [2.75, 3.05) is 26.2 Å². The smallest absolute Gasteiger partial charge is 0.335 e. The lowest BCUT2D eigenvalue weighted by atomic mass is 10.1. The topological polar surface area (TPSA) is 103 Å². The van der Waals surface area contributed by atoms with Crippen molar-refractivity contribution in [3.8, 4) is 11.6 Å². The number of halogens is 1. The van der Waals surface area contributed by atoms with Gasteiger partial charge < -0.3 is 15.4 Å². The van der Waals surface area contributed by atoms with Gasteiger partial charge in [0, 0.05) is 18.1 Å². The van der Waals surface area contributed by atoms with E-state index in [2.05, 4.69) is 34.3 Å². The molecule has 3 N–H and O–H groups in total. The van der Waals surface area contributed by atoms with Crippen LogP contribution in [-0.2, 0) is 0 Å². The summed E-state index contributed by atoms with van der Waals surface area (Å²) in [5.74, 6) is -0.456. The molecule has 2 aromatic rings. The lowest BCUT2D eigenvalue weighted by Gasteiger charge is -2.17. The highest BCUT2D eigenvalue weighted by Crippen LogP contribution is 2.19. The molecule has 0 bridgehead atoms. The average molecular weight is 408 g/mol. The van der Waals surface area contributed by atoms with E-state index in [-0.39, 0.29) is 5.56 Å². The lowest BCUT2D eigenvalue weighted by molar-refractivity contribution is 0.303. The number of aromatic amines is 1. The second-order valence-electron chi connectivity index (χ2n) is 6.12. The molecule has 2 rings (SSSR count). The minimum atomic E-state index is -0.737. The van der Waals surface area contributed by atoms with Crippen LogP contribution in [0, 0.1) is 0 Å². The molecule has 8 nitrogen and oxygen atoms in total. The van der Waals surface area contributed by atoms with Gasteiger partial charge in [-0.2, -0.15) is 5.10 Å². The zero-order valence-corrected chi connectivity index (χ0v) is 17.1. The molecule has 9 heteroatoms. The van der Waals surface area contributed by atoms with Crippen LogP contribution in [0.2, 0.25) is 5.02 Å². The van der Waals surface area contributed by atoms with Crippen molar-refractivity contribution in [3.05, 3.63) is 55.7 Å². The summed E-state index contributed by atoms with van der Waals surface area (Å²) in [6.45, 7) is 9.27. The number of H-pyrrole nitrogens is 1. The van der Waals surface area contributed by atoms with Gasteiger partial charge >= 0.3 is 5.69 Å². The molecule has 0 radical (unpaired) electrons. The highest BCUT2D eigenvalue weighted by Gasteiger charge is 2.19. The van der Waals surface area contributed by atoms with Gasteiger partial charge in [-0.15, -0.1) is 0 Å². The molecule has 28 heavy (non-hydrogen) atoms. The zero-order chi connectivity index (χ0) is 20.7. The number of hydrazone groups is 1. The van der Waals surface area contributed by atoms with Crippen LogP contribution in [0.25, 0.3) is 5.69 Å². The van der Waals surface area contributed by atoms with Gasteiger partial charge in [0.1, 0.15) is 5.56 Å². The normalized spacial score (nSPS) is 11.8. The number of nitrogens with one attached hydrogen (secondary N) is 2. The fourth-order valence-corrected chi connectivity index (χ4v) is 2.95. The van der Waals surface area contributed by atoms with Crippen molar-refractivity contribution in [2.45, 2.75) is 27.2 Å². The zero-order valence-electron chi connectivity index (χ0n) is 16.3. The Morgan fingerprint density at radius 1 is 1.21 bits per heavy atom. The highest BCUT2D eigenvalue weighted by atomic mass is 35.5. The van der Waals surface area contributed by atoms with Crippen LogP contribution in [0.15, 0.2) is 39.0 Å². The Kier molecular flexibility index (Phi) is 7.83. The first-order valence-electron chi connectivity index (χ1n) is 9.29. The molecule has 1 aromatic heterocycles. The molecular formula is C19H26ClN5O3. The van der Waals surface area contributed by atoms with E-state index in [0.717, 1.165) is 24.2 Å². The maximum Gasteiger partial charge on any atom is 0.335 e. The van der Waals surface area contributed by atoms with Crippen LogP contribution in [0.3, 0.4) is 0 Å². The molecule has 0 aliphatic carbocycles. The van der Waals surface area contributed by atoms with Crippen molar-refractivity contribution in [1.82, 2.24) is 19.9 Å². The number of hydrogen-bond acceptors (Lipinski definition) is 6. The minimum absolute atomic E-state index is 0.0348. The second kappa shape index (κ2) is 10.1. The first kappa shape index (κ1) is 21.7. The predicted octanol–water partition coefficient (Wildman–Crippen LogP) is 1.93. The highest BCUT2D eigenvalue weighted by molar-refractivity contribution is 6.30. The maximum atomic E-state index is 12.4. The summed E-state index contributed by atoms with van der Waals surface area (Å²) >= 11 is 5.88. The van der Waals surface area contributed by atoms with Gasteiger partial charge in [-0.3, -0.25) is 9.78 Å². The van der Waals surface area contributed by atoms with Crippen LogP contribution in [0.4, 0.5) is 0 Å². The van der Waals surface area contributed by atoms with Gasteiger partial charge in [-0.1, -0.05) is 32.4 Å². The number of likely N-dealkylation sites (N-methyl/N-ethyl adjacent to an activating group) is 1. The molecule has 0 unspecified atom stereocenters. The third-order valence-electron chi connectivity index (χ3n) is 4.44. The maximum absolute atomic E-state index is 12.4. The first-order chi connectivity index (χ1) is 13.4. The predicted molar refractivity (Wildman–Crippen MR) is 112 cm³/mol. The summed E-state index contributed by atoms with van der Waals surface area (Å²) < 4.78 is 1.02. The van der Waals surface area contributed by atoms with Crippen LogP contribution >= 0.6 is 11.6 Å². The van der Waals surface area contributed by atoms with Gasteiger partial charge in [0.2, 0.25) is 5.88 Å². The number of aromatic hydroxyl groups is 1. The first-order valence-corrected chi connectivity index (χ1v) is 9.67. The van der Waals surface area contributed by atoms with E-state index in [0.29, 0.717) is 29.4 Å². The van der Waals surface area contributed by atoms with Crippen molar-refractivity contribution in [2.24, 2.45) is 5.10 Å². The van der Waals surface area contributed by atoms with Gasteiger partial charge in [0.05, 0.1) is 11.4 Å². The summed E-state index contributed by atoms with van der Waals surface area (Å²) in [5.41, 5.74) is 2.24. The number of hydrogen-bond donors (Lipinski definition) is 3. The van der Waals surface area contributed by atoms with Crippen molar-refractivity contribution < 1.29 is 5.11 Å². The number of rotatable bonds is 9. The van der Waals surface area contributed by atoms with Gasteiger partial charge in [-0.05, 0) is 43.8 Å². The number of nitrogens with zero attached hydrogens (tertiary/aromatic N) is 3. The van der Waals surface area contributed by atoms with E-state index < -0.39 is 17.1 Å². The lowest BCUT2D eigenvalue weighted by Crippen LogP contribution is -2.34. The van der Waals surface area contributed by atoms with Crippen molar-refractivity contribution in [1.29, 1.82) is 0 Å². The summed E-state index contributed by atoms with van der Waals surface area (Å²) in [6.07, 6.45) is 0.397. The largest absolute Gasteiger partial charge is 0.493 e. The molecule has 0 saturated heterocycles. The van der Waals surface area contributed by atoms with Crippen molar-refractivity contribution in [3.63, 3.8) is 0 Å². The monoisotopic (exact) mass is 407 g/mol. The summed E-state index contributed by atoms with van der Waals surface area (Å²) in [6, 6.07) is 6.35. The molecule has 0 atom stereocenters. The molecule has 1 heterocycles. The number of aromatic nitrogens is 2. The fraction of sp³-hybridized carbons (Fsp3) is 0.421. The van der Waals surface area contributed by atoms with E-state index in [4.69, 9.17) is 11.6 Å². The third kappa shape index (κ3) is 5.02. The molecule has 0 saturated carbocycles. The fourth-order valence-electron chi connectivity index (χ4n) is 2.83. The Balaban J connectivity index is 2.39. The summed E-state index contributed by atoms with van der Waals surface area (Å²) in [7, 11) is 0. The summed E-state index contributed by atoms with van der Waals surface area (Å²) in [4.78, 5) is 29.1. The molecule has 0 aliphatic heterocycles. The molecule has 152 valence electrons. The average Bonchev–Trinajstić information content (AvgIpc) is 2.67. The van der Waals surface area contributed by atoms with E-state index >= 15 is 0 Å². The minimum Gasteiger partial charge on any atom is -0.493 e. The molecular weight excluding hydrogens is 382 g/mol. The standard InChI is InChI=1S/C19H26ClN5O3/c1-4-15(23-21-11-12-24(5-2)6-3)16-17(26)22-19(28)25(18(16)27)14-9-7-13(20)8-10-14/h7-10,21,27H,4-6,11-12H2,1-3H3,(H,22,26,28)/b23-15+. The Bertz CT molecular complexity index is 930. The van der Waals surface area contributed by atoms with E-state index in [1.54, 1.807) is 24.3 Å². The molecule has 0 spiro atoms. The SMILES string of the molecule is CC/C(=N\NCCN(CC)CC)c1c(O)n(-c2ccc(Cl)cc2)c(=O)[nH]c1=O. The number of benzene rings is 1. The van der Waals surface area contributed by atoms with Crippen LogP contribution in [-0.4, -0.2) is 51.4 Å². The van der Waals surface area contributed by atoms with Crippen LogP contribution in [0.5, 0.6) is 5.88 Å². The third-order valence-corrected chi connectivity index (χ3v) is 4.69. The van der Waals surface area contributed by atoms with Gasteiger partial charge in [0.15, 0.2) is 0 Å². The van der Waals surface area contributed by atoms with Crippen LogP contribution in [0.1, 0.15) is 32.8 Å². The Labute approximate surface area is 168 Å². The quantitative estimate of drug-likeness (QED) is 0.335. The van der Waals surface area contributed by atoms with Crippen molar-refractivity contribution >= 4 is 17.3 Å². The Morgan fingerprint density at radius 2 is 1.86 bits per heavy atom. The second-order valence-corrected chi connectivity index (χ2v) is 6.55. The van der Waals surface area contributed by atoms with E-state index in [1.807, 2.05) is 6.92 Å². The molecule has 0 aliphatic rings. The van der Waals surface area contributed by atoms with E-state index in [1.165, 1.54) is 0 Å². The summed E-state index contributed by atoms with van der Waals surface area (Å²) in [5, 5.41) is 15.5. The van der Waals surface area contributed by atoms with Crippen LogP contribution < -0.4 is 16.7 Å². The molecule has 1 aromatic carbocycles.